The van der Waals surface area contributed by atoms with Crippen LogP contribution in [0, 0.1) is 19.7 Å². The second-order valence-electron chi connectivity index (χ2n) is 8.39. The van der Waals surface area contributed by atoms with Gasteiger partial charge in [0.15, 0.2) is 11.6 Å². The van der Waals surface area contributed by atoms with E-state index in [0.29, 0.717) is 22.8 Å². The number of ether oxygens (including phenoxy) is 1. The van der Waals surface area contributed by atoms with Crippen LogP contribution in [0.2, 0.25) is 0 Å². The van der Waals surface area contributed by atoms with Gasteiger partial charge in [0.1, 0.15) is 34.5 Å². The van der Waals surface area contributed by atoms with Crippen LogP contribution in [0.5, 0.6) is 5.75 Å². The molecule has 0 bridgehead atoms. The summed E-state index contributed by atoms with van der Waals surface area (Å²) in [6.45, 7) is 6.65. The molecule has 0 radical (unpaired) electrons. The van der Waals surface area contributed by atoms with E-state index in [1.165, 1.54) is 10.9 Å². The first-order valence-electron chi connectivity index (χ1n) is 10.6. The number of aliphatic hydroxyl groups is 1. The third-order valence-corrected chi connectivity index (χ3v) is 5.92. The van der Waals surface area contributed by atoms with Crippen molar-refractivity contribution in [2.75, 3.05) is 0 Å². The van der Waals surface area contributed by atoms with Gasteiger partial charge in [0, 0.05) is 24.2 Å². The number of hydrogen-bond acceptors (Lipinski definition) is 8. The molecule has 11 heteroatoms. The lowest BCUT2D eigenvalue weighted by Gasteiger charge is -2.18. The second-order valence-corrected chi connectivity index (χ2v) is 9.18. The standard InChI is InChI=1S/C24H22BrFN6O3/c1-13-9-29-17(16-5-6-28-23(31-16)24(3,4)34)8-19(13)32-14(2)7-20(21(25)22(32)33)35-11-18-15(26)10-27-12-30-18/h5-10,12,34H,11H2,1-4H3. The Morgan fingerprint density at radius 2 is 1.91 bits per heavy atom. The summed E-state index contributed by atoms with van der Waals surface area (Å²) in [5.41, 5.74) is 1.50. The van der Waals surface area contributed by atoms with Crippen LogP contribution in [-0.4, -0.2) is 34.6 Å². The van der Waals surface area contributed by atoms with Gasteiger partial charge in [-0.2, -0.15) is 0 Å². The second kappa shape index (κ2) is 9.59. The van der Waals surface area contributed by atoms with Crippen molar-refractivity contribution in [1.29, 1.82) is 0 Å². The molecule has 4 aromatic rings. The van der Waals surface area contributed by atoms with Gasteiger partial charge in [-0.15, -0.1) is 0 Å². The maximum Gasteiger partial charge on any atom is 0.273 e. The van der Waals surface area contributed by atoms with Crippen molar-refractivity contribution in [2.24, 2.45) is 0 Å². The van der Waals surface area contributed by atoms with Crippen molar-refractivity contribution in [3.63, 3.8) is 0 Å². The summed E-state index contributed by atoms with van der Waals surface area (Å²) in [5, 5.41) is 10.3. The van der Waals surface area contributed by atoms with Gasteiger partial charge in [0.2, 0.25) is 0 Å². The van der Waals surface area contributed by atoms with E-state index in [1.807, 2.05) is 6.92 Å². The minimum absolute atomic E-state index is 0.0821. The Hall–Kier alpha value is -3.57. The Labute approximate surface area is 208 Å². The fourth-order valence-electron chi connectivity index (χ4n) is 3.37. The molecule has 0 saturated heterocycles. The summed E-state index contributed by atoms with van der Waals surface area (Å²) in [4.78, 5) is 33.8. The van der Waals surface area contributed by atoms with Crippen molar-refractivity contribution >= 4 is 15.9 Å². The smallest absolute Gasteiger partial charge is 0.273 e. The molecule has 180 valence electrons. The van der Waals surface area contributed by atoms with E-state index in [9.17, 15) is 14.3 Å². The van der Waals surface area contributed by atoms with Gasteiger partial charge in [-0.1, -0.05) is 0 Å². The largest absolute Gasteiger partial charge is 0.486 e. The normalized spacial score (nSPS) is 11.5. The Balaban J connectivity index is 1.73. The minimum Gasteiger partial charge on any atom is -0.486 e. The summed E-state index contributed by atoms with van der Waals surface area (Å²) >= 11 is 3.33. The lowest BCUT2D eigenvalue weighted by molar-refractivity contribution is 0.0688. The monoisotopic (exact) mass is 540 g/mol. The number of halogens is 2. The highest BCUT2D eigenvalue weighted by Gasteiger charge is 2.21. The molecule has 9 nitrogen and oxygen atoms in total. The lowest BCUT2D eigenvalue weighted by Crippen LogP contribution is -2.23. The molecule has 0 amide bonds. The van der Waals surface area contributed by atoms with Crippen molar-refractivity contribution in [3.8, 4) is 22.8 Å². The topological polar surface area (TPSA) is 116 Å². The molecule has 1 N–H and O–H groups in total. The molecule has 0 saturated carbocycles. The van der Waals surface area contributed by atoms with Crippen LogP contribution >= 0.6 is 15.9 Å². The predicted molar refractivity (Wildman–Crippen MR) is 130 cm³/mol. The fourth-order valence-corrected chi connectivity index (χ4v) is 3.77. The fraction of sp³-hybridized carbons (Fsp3) is 0.250. The maximum absolute atomic E-state index is 13.8. The van der Waals surface area contributed by atoms with Crippen molar-refractivity contribution in [2.45, 2.75) is 39.9 Å². The number of aromatic nitrogens is 6. The van der Waals surface area contributed by atoms with Gasteiger partial charge in [0.05, 0.1) is 23.3 Å². The van der Waals surface area contributed by atoms with Crippen molar-refractivity contribution in [3.05, 3.63) is 86.5 Å². The van der Waals surface area contributed by atoms with Crippen molar-refractivity contribution in [1.82, 2.24) is 29.5 Å². The molecule has 0 fully saturated rings. The molecule has 0 unspecified atom stereocenters. The van der Waals surface area contributed by atoms with Crippen LogP contribution in [0.15, 0.2) is 52.4 Å². The molecule has 0 aromatic carbocycles. The molecule has 0 aliphatic heterocycles. The zero-order valence-corrected chi connectivity index (χ0v) is 21.0. The number of hydrogen-bond donors (Lipinski definition) is 1. The van der Waals surface area contributed by atoms with Gasteiger partial charge >= 0.3 is 0 Å². The van der Waals surface area contributed by atoms with E-state index in [4.69, 9.17) is 4.74 Å². The molecule has 0 spiro atoms. The van der Waals surface area contributed by atoms with Gasteiger partial charge in [0.25, 0.3) is 5.56 Å². The van der Waals surface area contributed by atoms with Crippen LogP contribution in [-0.2, 0) is 12.2 Å². The molecule has 4 aromatic heterocycles. The Bertz CT molecular complexity index is 1470. The van der Waals surface area contributed by atoms with Crippen LogP contribution in [0.3, 0.4) is 0 Å². The molecule has 4 heterocycles. The van der Waals surface area contributed by atoms with Crippen LogP contribution in [0.1, 0.15) is 36.6 Å². The van der Waals surface area contributed by atoms with E-state index in [1.54, 1.807) is 51.4 Å². The summed E-state index contributed by atoms with van der Waals surface area (Å²) in [6.07, 6.45) is 5.48. The summed E-state index contributed by atoms with van der Waals surface area (Å²) in [6, 6.07) is 5.12. The highest BCUT2D eigenvalue weighted by molar-refractivity contribution is 9.10. The van der Waals surface area contributed by atoms with E-state index >= 15 is 0 Å². The van der Waals surface area contributed by atoms with E-state index in [2.05, 4.69) is 40.8 Å². The quantitative estimate of drug-likeness (QED) is 0.392. The molecule has 0 aliphatic carbocycles. The average molecular weight is 541 g/mol. The number of pyridine rings is 2. The highest BCUT2D eigenvalue weighted by atomic mass is 79.9. The first-order chi connectivity index (χ1) is 16.6. The molecule has 4 rings (SSSR count). The van der Waals surface area contributed by atoms with E-state index < -0.39 is 11.4 Å². The molecule has 0 atom stereocenters. The van der Waals surface area contributed by atoms with Gasteiger partial charge < -0.3 is 9.84 Å². The summed E-state index contributed by atoms with van der Waals surface area (Å²) in [5.74, 6) is -0.0675. The summed E-state index contributed by atoms with van der Waals surface area (Å²) in [7, 11) is 0. The van der Waals surface area contributed by atoms with Crippen LogP contribution < -0.4 is 10.3 Å². The molecule has 0 aliphatic rings. The number of nitrogens with zero attached hydrogens (tertiary/aromatic N) is 6. The van der Waals surface area contributed by atoms with Crippen molar-refractivity contribution < 1.29 is 14.2 Å². The third-order valence-electron chi connectivity index (χ3n) is 5.19. The predicted octanol–water partition coefficient (Wildman–Crippen LogP) is 3.80. The highest BCUT2D eigenvalue weighted by Crippen LogP contribution is 2.27. The Morgan fingerprint density at radius 1 is 1.14 bits per heavy atom. The number of aryl methyl sites for hydroxylation is 2. The zero-order chi connectivity index (χ0) is 25.3. The molecule has 35 heavy (non-hydrogen) atoms. The van der Waals surface area contributed by atoms with Gasteiger partial charge in [-0.25, -0.2) is 24.3 Å². The SMILES string of the molecule is Cc1cnc(-c2ccnc(C(C)(C)O)n2)cc1-n1c(C)cc(OCc2ncncc2F)c(Br)c1=O. The Morgan fingerprint density at radius 3 is 2.63 bits per heavy atom. The first kappa shape index (κ1) is 24.6. The molecular weight excluding hydrogens is 519 g/mol. The maximum atomic E-state index is 13.8. The minimum atomic E-state index is -1.22. The summed E-state index contributed by atoms with van der Waals surface area (Å²) < 4.78 is 21.2. The first-order valence-corrected chi connectivity index (χ1v) is 11.4. The van der Waals surface area contributed by atoms with Crippen LogP contribution in [0.25, 0.3) is 17.1 Å². The van der Waals surface area contributed by atoms with E-state index in [-0.39, 0.29) is 33.9 Å². The average Bonchev–Trinajstić information content (AvgIpc) is 2.82. The van der Waals surface area contributed by atoms with Gasteiger partial charge in [-0.05, 0) is 61.3 Å². The lowest BCUT2D eigenvalue weighted by atomic mass is 10.1. The van der Waals surface area contributed by atoms with Gasteiger partial charge in [-0.3, -0.25) is 14.3 Å². The zero-order valence-electron chi connectivity index (χ0n) is 19.5. The number of rotatable bonds is 6. The molecular formula is C24H22BrFN6O3. The van der Waals surface area contributed by atoms with Crippen LogP contribution in [0.4, 0.5) is 4.39 Å². The van der Waals surface area contributed by atoms with E-state index in [0.717, 1.165) is 11.8 Å². The third kappa shape index (κ3) is 5.10. The Kier molecular flexibility index (Phi) is 6.73.